The summed E-state index contributed by atoms with van der Waals surface area (Å²) in [6.07, 6.45) is 7.05. The predicted octanol–water partition coefficient (Wildman–Crippen LogP) is 2.09. The smallest absolute Gasteiger partial charge is 0.0911 e. The average molecular weight is 338 g/mol. The van der Waals surface area contributed by atoms with Gasteiger partial charge in [-0.1, -0.05) is 20.3 Å². The van der Waals surface area contributed by atoms with Crippen LogP contribution in [-0.2, 0) is 0 Å². The van der Waals surface area contributed by atoms with Crippen molar-refractivity contribution in [3.05, 3.63) is 0 Å². The zero-order valence-electron chi connectivity index (χ0n) is 15.2. The minimum atomic E-state index is -1.01. The third-order valence-electron chi connectivity index (χ3n) is 9.17. The van der Waals surface area contributed by atoms with E-state index in [-0.39, 0.29) is 35.4 Å². The zero-order valence-corrected chi connectivity index (χ0v) is 15.2. The van der Waals surface area contributed by atoms with Crippen LogP contribution in [0, 0.1) is 34.0 Å². The molecule has 0 aromatic heterocycles. The largest absolute Gasteiger partial charge is 0.396 e. The van der Waals surface area contributed by atoms with Crippen LogP contribution in [0.5, 0.6) is 0 Å². The van der Waals surface area contributed by atoms with Crippen molar-refractivity contribution in [3.63, 3.8) is 0 Å². The molecular formula is C20H34O4. The Morgan fingerprint density at radius 3 is 2.42 bits per heavy atom. The fourth-order valence-electron chi connectivity index (χ4n) is 8.02. The highest BCUT2D eigenvalue weighted by molar-refractivity contribution is 5.19. The van der Waals surface area contributed by atoms with Gasteiger partial charge in [0.25, 0.3) is 0 Å². The van der Waals surface area contributed by atoms with E-state index in [0.717, 1.165) is 44.9 Å². The number of rotatable bonds is 2. The van der Waals surface area contributed by atoms with E-state index in [9.17, 15) is 20.4 Å². The maximum atomic E-state index is 11.2. The van der Waals surface area contributed by atoms with E-state index in [1.165, 1.54) is 0 Å². The van der Waals surface area contributed by atoms with Gasteiger partial charge < -0.3 is 20.4 Å². The van der Waals surface area contributed by atoms with E-state index in [4.69, 9.17) is 0 Å². The maximum Gasteiger partial charge on any atom is 0.0911 e. The SMILES string of the molecule is C[C@]1(CO)CCC[C@]2(C)[C@@H]1C[C@@H](O)[C@@]13C[C@@H](CC[C@@H]21)[C@@](O)(CO)C3. The summed E-state index contributed by atoms with van der Waals surface area (Å²) in [5.74, 6) is 0.858. The molecule has 0 aromatic carbocycles. The van der Waals surface area contributed by atoms with Crippen molar-refractivity contribution in [2.24, 2.45) is 34.0 Å². The van der Waals surface area contributed by atoms with Crippen LogP contribution in [-0.4, -0.2) is 45.3 Å². The zero-order chi connectivity index (χ0) is 17.4. The van der Waals surface area contributed by atoms with E-state index in [1.54, 1.807) is 0 Å². The Morgan fingerprint density at radius 1 is 1.00 bits per heavy atom. The Balaban J connectivity index is 1.76. The van der Waals surface area contributed by atoms with Crippen molar-refractivity contribution >= 4 is 0 Å². The van der Waals surface area contributed by atoms with Crippen molar-refractivity contribution in [2.45, 2.75) is 76.9 Å². The van der Waals surface area contributed by atoms with E-state index in [1.807, 2.05) is 0 Å². The second-order valence-electron chi connectivity index (χ2n) is 10.2. The van der Waals surface area contributed by atoms with Crippen molar-refractivity contribution < 1.29 is 20.4 Å². The Labute approximate surface area is 145 Å². The van der Waals surface area contributed by atoms with E-state index < -0.39 is 11.7 Å². The first kappa shape index (κ1) is 17.3. The average Bonchev–Trinajstić information content (AvgIpc) is 2.78. The monoisotopic (exact) mass is 338 g/mol. The number of aliphatic hydroxyl groups excluding tert-OH is 3. The molecule has 0 heterocycles. The van der Waals surface area contributed by atoms with Crippen LogP contribution in [0.4, 0.5) is 0 Å². The lowest BCUT2D eigenvalue weighted by molar-refractivity contribution is -0.206. The molecule has 4 rings (SSSR count). The second kappa shape index (κ2) is 5.18. The molecule has 4 aliphatic rings. The fraction of sp³-hybridized carbons (Fsp3) is 1.00. The first-order chi connectivity index (χ1) is 11.2. The van der Waals surface area contributed by atoms with E-state index in [0.29, 0.717) is 18.3 Å². The molecule has 4 heteroatoms. The Hall–Kier alpha value is -0.160. The molecule has 8 atom stereocenters. The third-order valence-corrected chi connectivity index (χ3v) is 9.17. The van der Waals surface area contributed by atoms with Crippen LogP contribution in [0.3, 0.4) is 0 Å². The van der Waals surface area contributed by atoms with Gasteiger partial charge in [0.1, 0.15) is 0 Å². The number of aliphatic hydroxyl groups is 4. The molecule has 0 radical (unpaired) electrons. The standard InChI is InChI=1S/C20H34O4/c1-17(11-21)6-3-7-18(2)14-5-4-13-9-19(14,10-20(13,24)12-22)16(23)8-15(17)18/h13-16,21-24H,3-12H2,1-2H3/t13-,14+,15-,16-,17-,18+,19-,20+/m1/s1. The molecule has 4 fully saturated rings. The molecule has 0 unspecified atom stereocenters. The topological polar surface area (TPSA) is 80.9 Å². The van der Waals surface area contributed by atoms with Gasteiger partial charge in [0, 0.05) is 12.0 Å². The summed E-state index contributed by atoms with van der Waals surface area (Å²) in [5.41, 5.74) is -1.22. The van der Waals surface area contributed by atoms with E-state index in [2.05, 4.69) is 13.8 Å². The molecule has 0 aliphatic heterocycles. The minimum absolute atomic E-state index is 0.0989. The maximum absolute atomic E-state index is 11.2. The van der Waals surface area contributed by atoms with Crippen LogP contribution in [0.15, 0.2) is 0 Å². The summed E-state index contributed by atoms with van der Waals surface area (Å²) in [4.78, 5) is 0. The van der Waals surface area contributed by atoms with Crippen molar-refractivity contribution in [2.75, 3.05) is 13.2 Å². The molecule has 0 aromatic rings. The van der Waals surface area contributed by atoms with Gasteiger partial charge in [-0.2, -0.15) is 0 Å². The highest BCUT2D eigenvalue weighted by Gasteiger charge is 2.70. The van der Waals surface area contributed by atoms with Gasteiger partial charge in [-0.3, -0.25) is 0 Å². The van der Waals surface area contributed by atoms with Crippen LogP contribution in [0.2, 0.25) is 0 Å². The van der Waals surface area contributed by atoms with Crippen LogP contribution in [0.25, 0.3) is 0 Å². The van der Waals surface area contributed by atoms with Gasteiger partial charge in [0.05, 0.1) is 18.3 Å². The van der Waals surface area contributed by atoms with Gasteiger partial charge in [0.15, 0.2) is 0 Å². The van der Waals surface area contributed by atoms with Crippen LogP contribution < -0.4 is 0 Å². The molecule has 4 saturated carbocycles. The molecule has 2 bridgehead atoms. The van der Waals surface area contributed by atoms with Crippen LogP contribution in [0.1, 0.15) is 65.2 Å². The summed E-state index contributed by atoms with van der Waals surface area (Å²) in [7, 11) is 0. The predicted molar refractivity (Wildman–Crippen MR) is 91.2 cm³/mol. The van der Waals surface area contributed by atoms with Crippen LogP contribution >= 0.6 is 0 Å². The lowest BCUT2D eigenvalue weighted by Crippen LogP contribution is -2.62. The lowest BCUT2D eigenvalue weighted by Gasteiger charge is -2.65. The highest BCUT2D eigenvalue weighted by atomic mass is 16.3. The molecule has 4 N–H and O–H groups in total. The number of hydrogen-bond acceptors (Lipinski definition) is 4. The van der Waals surface area contributed by atoms with Gasteiger partial charge in [0.2, 0.25) is 0 Å². The first-order valence-electron chi connectivity index (χ1n) is 9.86. The minimum Gasteiger partial charge on any atom is -0.396 e. The fourth-order valence-corrected chi connectivity index (χ4v) is 8.02. The van der Waals surface area contributed by atoms with Gasteiger partial charge in [-0.05, 0) is 73.5 Å². The molecule has 4 aliphatic carbocycles. The van der Waals surface area contributed by atoms with Gasteiger partial charge >= 0.3 is 0 Å². The number of hydrogen-bond donors (Lipinski definition) is 4. The molecule has 0 saturated heterocycles. The number of fused-ring (bicyclic) bond motifs is 3. The second-order valence-corrected chi connectivity index (χ2v) is 10.2. The van der Waals surface area contributed by atoms with Crippen molar-refractivity contribution in [3.8, 4) is 0 Å². The third kappa shape index (κ3) is 1.94. The van der Waals surface area contributed by atoms with Crippen molar-refractivity contribution in [1.29, 1.82) is 0 Å². The first-order valence-corrected chi connectivity index (χ1v) is 9.86. The van der Waals surface area contributed by atoms with Crippen molar-refractivity contribution in [1.82, 2.24) is 0 Å². The normalized spacial score (nSPS) is 59.8. The summed E-state index contributed by atoms with van der Waals surface area (Å²) in [5, 5.41) is 42.0. The lowest BCUT2D eigenvalue weighted by atomic mass is 9.40. The summed E-state index contributed by atoms with van der Waals surface area (Å²) in [6.45, 7) is 4.60. The quantitative estimate of drug-likeness (QED) is 0.621. The molecule has 4 nitrogen and oxygen atoms in total. The molecule has 138 valence electrons. The Kier molecular flexibility index (Phi) is 3.73. The molecule has 24 heavy (non-hydrogen) atoms. The van der Waals surface area contributed by atoms with Gasteiger partial charge in [-0.25, -0.2) is 0 Å². The summed E-state index contributed by atoms with van der Waals surface area (Å²) >= 11 is 0. The Bertz CT molecular complexity index is 524. The Morgan fingerprint density at radius 2 is 1.75 bits per heavy atom. The van der Waals surface area contributed by atoms with Gasteiger partial charge in [-0.15, -0.1) is 0 Å². The molecule has 1 spiro atoms. The molecular weight excluding hydrogens is 304 g/mol. The summed E-state index contributed by atoms with van der Waals surface area (Å²) < 4.78 is 0. The van der Waals surface area contributed by atoms with E-state index >= 15 is 0 Å². The highest BCUT2D eigenvalue weighted by Crippen LogP contribution is 2.72. The summed E-state index contributed by atoms with van der Waals surface area (Å²) in [6, 6.07) is 0. The molecule has 0 amide bonds.